The number of nitrogen functional groups attached to an aromatic ring is 1. The highest BCUT2D eigenvalue weighted by atomic mass is 35.5. The summed E-state index contributed by atoms with van der Waals surface area (Å²) in [7, 11) is 0. The van der Waals surface area contributed by atoms with Crippen LogP contribution in [0.15, 0.2) is 60.8 Å². The number of nitrogens with zero attached hydrogens (tertiary/aromatic N) is 3. The van der Waals surface area contributed by atoms with Crippen LogP contribution in [0.5, 0.6) is 0 Å². The molecule has 146 valence electrons. The van der Waals surface area contributed by atoms with Crippen LogP contribution in [0, 0.1) is 0 Å². The van der Waals surface area contributed by atoms with Crippen molar-refractivity contribution in [1.29, 1.82) is 0 Å². The van der Waals surface area contributed by atoms with Crippen LogP contribution in [-0.2, 0) is 0 Å². The molecule has 2 aromatic carbocycles. The molecule has 2 aromatic heterocycles. The zero-order valence-electron chi connectivity index (χ0n) is 16.6. The number of aromatic nitrogens is 3. The van der Waals surface area contributed by atoms with Crippen LogP contribution < -0.4 is 11.1 Å². The maximum absolute atomic E-state index is 6.54. The number of pyridine rings is 1. The summed E-state index contributed by atoms with van der Waals surface area (Å²) in [5, 5.41) is 4.86. The molecule has 0 spiro atoms. The Morgan fingerprint density at radius 2 is 1.62 bits per heavy atom. The molecule has 6 heteroatoms. The second kappa shape index (κ2) is 7.33. The molecule has 0 radical (unpaired) electrons. The maximum atomic E-state index is 6.54. The largest absolute Gasteiger partial charge is 0.381 e. The van der Waals surface area contributed by atoms with Gasteiger partial charge in [-0.3, -0.25) is 4.98 Å². The lowest BCUT2D eigenvalue weighted by molar-refractivity contribution is 0.630. The van der Waals surface area contributed by atoms with Gasteiger partial charge in [-0.25, -0.2) is 9.97 Å². The number of anilines is 2. The van der Waals surface area contributed by atoms with Gasteiger partial charge in [-0.1, -0.05) is 48.0 Å². The average molecular weight is 404 g/mol. The first kappa shape index (κ1) is 19.2. The van der Waals surface area contributed by atoms with Crippen molar-refractivity contribution in [3.05, 3.63) is 65.8 Å². The van der Waals surface area contributed by atoms with Crippen molar-refractivity contribution >= 4 is 34.1 Å². The van der Waals surface area contributed by atoms with Crippen LogP contribution in [-0.4, -0.2) is 20.5 Å². The van der Waals surface area contributed by atoms with E-state index in [4.69, 9.17) is 27.3 Å². The van der Waals surface area contributed by atoms with E-state index in [0.717, 1.165) is 22.0 Å². The molecular formula is C23H22ClN5. The quantitative estimate of drug-likeness (QED) is 0.451. The number of fused-ring (bicyclic) bond motifs is 1. The van der Waals surface area contributed by atoms with E-state index < -0.39 is 0 Å². The molecular weight excluding hydrogens is 382 g/mol. The normalized spacial score (nSPS) is 11.6. The molecule has 0 amide bonds. The van der Waals surface area contributed by atoms with Gasteiger partial charge in [-0.05, 0) is 39.0 Å². The predicted molar refractivity (Wildman–Crippen MR) is 121 cm³/mol. The Hall–Kier alpha value is -3.18. The molecule has 29 heavy (non-hydrogen) atoms. The van der Waals surface area contributed by atoms with Crippen LogP contribution >= 0.6 is 11.6 Å². The number of benzene rings is 2. The van der Waals surface area contributed by atoms with E-state index >= 15 is 0 Å². The Morgan fingerprint density at radius 1 is 0.897 bits per heavy atom. The summed E-state index contributed by atoms with van der Waals surface area (Å²) in [6, 6.07) is 17.7. The summed E-state index contributed by atoms with van der Waals surface area (Å²) in [6.07, 6.45) is 1.73. The first-order valence-electron chi connectivity index (χ1n) is 9.37. The highest BCUT2D eigenvalue weighted by molar-refractivity contribution is 6.35. The van der Waals surface area contributed by atoms with Gasteiger partial charge in [-0.2, -0.15) is 0 Å². The standard InChI is InChI=1S/C23H22ClN5/c1-23(2,3)29-22-21(25)27-19(14-8-5-4-6-9-14)20(28-22)16-12-15-10-7-11-26-18(15)17(24)13-16/h4-13H,1-3H3,(H2,25,27)(H,28,29). The molecule has 2 heterocycles. The van der Waals surface area contributed by atoms with Gasteiger partial charge in [0.25, 0.3) is 0 Å². The van der Waals surface area contributed by atoms with E-state index in [0.29, 0.717) is 28.0 Å². The maximum Gasteiger partial charge on any atom is 0.169 e. The number of hydrogen-bond acceptors (Lipinski definition) is 5. The van der Waals surface area contributed by atoms with Crippen molar-refractivity contribution in [3.8, 4) is 22.5 Å². The molecule has 0 bridgehead atoms. The van der Waals surface area contributed by atoms with E-state index in [-0.39, 0.29) is 5.54 Å². The first-order chi connectivity index (χ1) is 13.8. The van der Waals surface area contributed by atoms with Crippen LogP contribution in [0.4, 0.5) is 11.6 Å². The molecule has 4 aromatic rings. The average Bonchev–Trinajstić information content (AvgIpc) is 2.69. The van der Waals surface area contributed by atoms with Gasteiger partial charge < -0.3 is 11.1 Å². The summed E-state index contributed by atoms with van der Waals surface area (Å²) < 4.78 is 0. The summed E-state index contributed by atoms with van der Waals surface area (Å²) in [4.78, 5) is 14.0. The van der Waals surface area contributed by atoms with Crippen molar-refractivity contribution in [1.82, 2.24) is 15.0 Å². The van der Waals surface area contributed by atoms with Gasteiger partial charge in [0.05, 0.1) is 21.9 Å². The first-order valence-corrected chi connectivity index (χ1v) is 9.75. The minimum atomic E-state index is -0.209. The second-order valence-corrected chi connectivity index (χ2v) is 8.34. The number of hydrogen-bond donors (Lipinski definition) is 2. The van der Waals surface area contributed by atoms with Crippen molar-refractivity contribution in [3.63, 3.8) is 0 Å². The zero-order chi connectivity index (χ0) is 20.6. The smallest absolute Gasteiger partial charge is 0.169 e. The van der Waals surface area contributed by atoms with Crippen LogP contribution in [0.1, 0.15) is 20.8 Å². The van der Waals surface area contributed by atoms with E-state index in [9.17, 15) is 0 Å². The Kier molecular flexibility index (Phi) is 4.84. The predicted octanol–water partition coefficient (Wildman–Crippen LogP) is 5.80. The lowest BCUT2D eigenvalue weighted by Gasteiger charge is -2.23. The van der Waals surface area contributed by atoms with Crippen molar-refractivity contribution in [2.24, 2.45) is 0 Å². The van der Waals surface area contributed by atoms with Crippen molar-refractivity contribution in [2.75, 3.05) is 11.1 Å². The number of halogens is 1. The third-order valence-corrected chi connectivity index (χ3v) is 4.68. The molecule has 4 rings (SSSR count). The third-order valence-electron chi connectivity index (χ3n) is 4.40. The van der Waals surface area contributed by atoms with Gasteiger partial charge in [-0.15, -0.1) is 0 Å². The fourth-order valence-electron chi connectivity index (χ4n) is 3.18. The molecule has 0 aliphatic carbocycles. The van der Waals surface area contributed by atoms with Gasteiger partial charge in [0.1, 0.15) is 0 Å². The number of rotatable bonds is 3. The lowest BCUT2D eigenvalue weighted by Crippen LogP contribution is -2.27. The summed E-state index contributed by atoms with van der Waals surface area (Å²) in [6.45, 7) is 6.16. The molecule has 0 saturated carbocycles. The second-order valence-electron chi connectivity index (χ2n) is 7.93. The van der Waals surface area contributed by atoms with Gasteiger partial charge in [0, 0.05) is 28.2 Å². The topological polar surface area (TPSA) is 76.7 Å². The number of nitrogens with two attached hydrogens (primary N) is 1. The molecule has 0 saturated heterocycles. The van der Waals surface area contributed by atoms with Crippen molar-refractivity contribution < 1.29 is 0 Å². The van der Waals surface area contributed by atoms with Crippen molar-refractivity contribution in [2.45, 2.75) is 26.3 Å². The van der Waals surface area contributed by atoms with E-state index in [1.165, 1.54) is 0 Å². The fraction of sp³-hybridized carbons (Fsp3) is 0.174. The SMILES string of the molecule is CC(C)(C)Nc1nc(-c2cc(Cl)c3ncccc3c2)c(-c2ccccc2)nc1N. The minimum absolute atomic E-state index is 0.209. The molecule has 5 nitrogen and oxygen atoms in total. The monoisotopic (exact) mass is 403 g/mol. The summed E-state index contributed by atoms with van der Waals surface area (Å²) in [5.41, 5.74) is 10.0. The highest BCUT2D eigenvalue weighted by Gasteiger charge is 2.19. The summed E-state index contributed by atoms with van der Waals surface area (Å²) in [5.74, 6) is 0.908. The number of nitrogens with one attached hydrogen (secondary N) is 1. The Bertz CT molecular complexity index is 1180. The van der Waals surface area contributed by atoms with Crippen LogP contribution in [0.3, 0.4) is 0 Å². The van der Waals surface area contributed by atoms with E-state index in [1.807, 2.05) is 54.6 Å². The lowest BCUT2D eigenvalue weighted by atomic mass is 10.0. The van der Waals surface area contributed by atoms with Gasteiger partial charge >= 0.3 is 0 Å². The molecule has 0 aliphatic heterocycles. The van der Waals surface area contributed by atoms with Crippen LogP contribution in [0.2, 0.25) is 5.02 Å². The molecule has 0 fully saturated rings. The molecule has 0 atom stereocenters. The summed E-state index contributed by atoms with van der Waals surface area (Å²) >= 11 is 6.54. The molecule has 3 N–H and O–H groups in total. The van der Waals surface area contributed by atoms with Gasteiger partial charge in [0.2, 0.25) is 0 Å². The zero-order valence-corrected chi connectivity index (χ0v) is 17.3. The third kappa shape index (κ3) is 4.00. The molecule has 0 aliphatic rings. The Morgan fingerprint density at radius 3 is 2.34 bits per heavy atom. The van der Waals surface area contributed by atoms with E-state index in [2.05, 4.69) is 31.1 Å². The minimum Gasteiger partial charge on any atom is -0.381 e. The highest BCUT2D eigenvalue weighted by Crippen LogP contribution is 2.36. The Labute approximate surface area is 175 Å². The van der Waals surface area contributed by atoms with Crippen LogP contribution in [0.25, 0.3) is 33.4 Å². The van der Waals surface area contributed by atoms with E-state index in [1.54, 1.807) is 6.20 Å². The Balaban J connectivity index is 1.98. The fourth-order valence-corrected chi connectivity index (χ4v) is 3.45. The van der Waals surface area contributed by atoms with Gasteiger partial charge in [0.15, 0.2) is 11.6 Å². The molecule has 0 unspecified atom stereocenters.